The van der Waals surface area contributed by atoms with E-state index in [1.807, 2.05) is 41.3 Å². The van der Waals surface area contributed by atoms with Gasteiger partial charge in [-0.2, -0.15) is 0 Å². The van der Waals surface area contributed by atoms with Crippen LogP contribution in [0.2, 0.25) is 0 Å². The molecule has 2 heterocycles. The summed E-state index contributed by atoms with van der Waals surface area (Å²) < 4.78 is 0. The summed E-state index contributed by atoms with van der Waals surface area (Å²) in [4.78, 5) is 20.0. The standard InChI is InChI=1S/C23H24N2O2/c1-15-12-19-20(23(27)25-10-8-18(26)9-11-25)14-21(17-6-4-3-5-7-17)24-22(19)13-16(15)2/h3-7,12-14,18,26H,8-11H2,1-2H3. The first kappa shape index (κ1) is 17.7. The SMILES string of the molecule is Cc1cc2nc(-c3ccccc3)cc(C(=O)N3CCC(O)CC3)c2cc1C. The minimum absolute atomic E-state index is 0.0229. The monoisotopic (exact) mass is 360 g/mol. The van der Waals surface area contributed by atoms with E-state index in [9.17, 15) is 9.90 Å². The number of carbonyl (C=O) groups excluding carboxylic acids is 1. The van der Waals surface area contributed by atoms with Gasteiger partial charge >= 0.3 is 0 Å². The van der Waals surface area contributed by atoms with Crippen LogP contribution in [-0.2, 0) is 0 Å². The molecule has 0 saturated carbocycles. The molecular formula is C23H24N2O2. The van der Waals surface area contributed by atoms with Crippen LogP contribution >= 0.6 is 0 Å². The molecule has 0 aliphatic carbocycles. The number of benzene rings is 2. The van der Waals surface area contributed by atoms with Crippen LogP contribution in [0.4, 0.5) is 0 Å². The van der Waals surface area contributed by atoms with Crippen molar-refractivity contribution in [3.05, 3.63) is 65.2 Å². The van der Waals surface area contributed by atoms with Crippen LogP contribution in [0.3, 0.4) is 0 Å². The number of nitrogens with zero attached hydrogens (tertiary/aromatic N) is 2. The second kappa shape index (κ2) is 7.12. The predicted molar refractivity (Wildman–Crippen MR) is 108 cm³/mol. The first-order valence-corrected chi connectivity index (χ1v) is 9.47. The van der Waals surface area contributed by atoms with Gasteiger partial charge in [-0.25, -0.2) is 4.98 Å². The molecule has 0 radical (unpaired) electrons. The highest BCUT2D eigenvalue weighted by Crippen LogP contribution is 2.28. The summed E-state index contributed by atoms with van der Waals surface area (Å²) >= 11 is 0. The molecule has 1 aromatic heterocycles. The van der Waals surface area contributed by atoms with Gasteiger partial charge in [0.05, 0.1) is 22.9 Å². The normalized spacial score (nSPS) is 15.3. The number of carbonyl (C=O) groups is 1. The lowest BCUT2D eigenvalue weighted by Gasteiger charge is -2.30. The highest BCUT2D eigenvalue weighted by atomic mass is 16.3. The Hall–Kier alpha value is -2.72. The summed E-state index contributed by atoms with van der Waals surface area (Å²) in [6.07, 6.45) is 0.977. The summed E-state index contributed by atoms with van der Waals surface area (Å²) in [6, 6.07) is 16.0. The number of fused-ring (bicyclic) bond motifs is 1. The van der Waals surface area contributed by atoms with Crippen LogP contribution in [0.15, 0.2) is 48.5 Å². The van der Waals surface area contributed by atoms with Crippen molar-refractivity contribution in [2.75, 3.05) is 13.1 Å². The van der Waals surface area contributed by atoms with Crippen molar-refractivity contribution in [1.29, 1.82) is 0 Å². The number of aromatic nitrogens is 1. The lowest BCUT2D eigenvalue weighted by atomic mass is 9.98. The molecular weight excluding hydrogens is 336 g/mol. The Kier molecular flexibility index (Phi) is 4.66. The summed E-state index contributed by atoms with van der Waals surface area (Å²) in [6.45, 7) is 5.31. The molecule has 0 bridgehead atoms. The lowest BCUT2D eigenvalue weighted by molar-refractivity contribution is 0.0548. The zero-order valence-electron chi connectivity index (χ0n) is 15.8. The summed E-state index contributed by atoms with van der Waals surface area (Å²) in [7, 11) is 0. The van der Waals surface area contributed by atoms with Crippen molar-refractivity contribution in [3.8, 4) is 11.3 Å². The molecule has 1 saturated heterocycles. The van der Waals surface area contributed by atoms with E-state index < -0.39 is 0 Å². The van der Waals surface area contributed by atoms with E-state index in [1.54, 1.807) is 0 Å². The quantitative estimate of drug-likeness (QED) is 0.748. The average Bonchev–Trinajstić information content (AvgIpc) is 2.69. The van der Waals surface area contributed by atoms with Crippen LogP contribution in [-0.4, -0.2) is 40.1 Å². The van der Waals surface area contributed by atoms with Crippen molar-refractivity contribution in [2.45, 2.75) is 32.8 Å². The fraction of sp³-hybridized carbons (Fsp3) is 0.304. The largest absolute Gasteiger partial charge is 0.393 e. The molecule has 1 N–H and O–H groups in total. The Bertz CT molecular complexity index is 990. The predicted octanol–water partition coefficient (Wildman–Crippen LogP) is 4.12. The second-order valence-corrected chi connectivity index (χ2v) is 7.40. The number of amides is 1. The molecule has 27 heavy (non-hydrogen) atoms. The van der Waals surface area contributed by atoms with Crippen LogP contribution in [0.5, 0.6) is 0 Å². The second-order valence-electron chi connectivity index (χ2n) is 7.40. The molecule has 0 unspecified atom stereocenters. The molecule has 1 aliphatic rings. The third-order valence-electron chi connectivity index (χ3n) is 5.48. The number of rotatable bonds is 2. The Morgan fingerprint density at radius 3 is 2.41 bits per heavy atom. The van der Waals surface area contributed by atoms with Crippen molar-refractivity contribution in [3.63, 3.8) is 0 Å². The number of likely N-dealkylation sites (tertiary alicyclic amines) is 1. The highest BCUT2D eigenvalue weighted by Gasteiger charge is 2.24. The number of pyridine rings is 1. The number of aryl methyl sites for hydroxylation is 2. The van der Waals surface area contributed by atoms with Crippen molar-refractivity contribution >= 4 is 16.8 Å². The molecule has 3 aromatic rings. The topological polar surface area (TPSA) is 53.4 Å². The zero-order valence-corrected chi connectivity index (χ0v) is 15.8. The first-order valence-electron chi connectivity index (χ1n) is 9.47. The molecule has 0 atom stereocenters. The fourth-order valence-corrected chi connectivity index (χ4v) is 3.66. The van der Waals surface area contributed by atoms with Gasteiger partial charge < -0.3 is 10.0 Å². The summed E-state index contributed by atoms with van der Waals surface area (Å²) in [5.74, 6) is 0.0229. The maximum absolute atomic E-state index is 13.3. The average molecular weight is 360 g/mol. The number of piperidine rings is 1. The molecule has 1 aliphatic heterocycles. The molecule has 4 nitrogen and oxygen atoms in total. The van der Waals surface area contributed by atoms with Gasteiger partial charge in [0.15, 0.2) is 0 Å². The van der Waals surface area contributed by atoms with E-state index in [2.05, 4.69) is 26.0 Å². The van der Waals surface area contributed by atoms with Crippen molar-refractivity contribution < 1.29 is 9.90 Å². The third kappa shape index (κ3) is 3.45. The van der Waals surface area contributed by atoms with Gasteiger partial charge in [0.1, 0.15) is 0 Å². The van der Waals surface area contributed by atoms with E-state index >= 15 is 0 Å². The van der Waals surface area contributed by atoms with Gasteiger partial charge in [-0.15, -0.1) is 0 Å². The number of aliphatic hydroxyl groups is 1. The van der Waals surface area contributed by atoms with Gasteiger partial charge in [0.2, 0.25) is 0 Å². The van der Waals surface area contributed by atoms with Gasteiger partial charge in [0.25, 0.3) is 5.91 Å². The molecule has 1 amide bonds. The van der Waals surface area contributed by atoms with Crippen LogP contribution in [0.1, 0.15) is 34.3 Å². The summed E-state index contributed by atoms with van der Waals surface area (Å²) in [5.41, 5.74) is 5.67. The first-order chi connectivity index (χ1) is 13.0. The molecule has 0 spiro atoms. The Morgan fingerprint density at radius 1 is 1.04 bits per heavy atom. The van der Waals surface area contributed by atoms with E-state index in [1.165, 1.54) is 5.56 Å². The minimum atomic E-state index is -0.298. The minimum Gasteiger partial charge on any atom is -0.393 e. The van der Waals surface area contributed by atoms with Crippen molar-refractivity contribution in [2.24, 2.45) is 0 Å². The van der Waals surface area contributed by atoms with Crippen LogP contribution in [0.25, 0.3) is 22.2 Å². The molecule has 138 valence electrons. The fourth-order valence-electron chi connectivity index (χ4n) is 3.66. The maximum atomic E-state index is 13.3. The van der Waals surface area contributed by atoms with Crippen molar-refractivity contribution in [1.82, 2.24) is 9.88 Å². The summed E-state index contributed by atoms with van der Waals surface area (Å²) in [5, 5.41) is 10.7. The third-order valence-corrected chi connectivity index (χ3v) is 5.48. The molecule has 4 rings (SSSR count). The Labute approximate surface area is 159 Å². The van der Waals surface area contributed by atoms with Gasteiger partial charge in [0, 0.05) is 24.0 Å². The molecule has 2 aromatic carbocycles. The van der Waals surface area contributed by atoms with Crippen LogP contribution < -0.4 is 0 Å². The van der Waals surface area contributed by atoms with E-state index in [0.29, 0.717) is 31.5 Å². The zero-order chi connectivity index (χ0) is 19.0. The lowest BCUT2D eigenvalue weighted by Crippen LogP contribution is -2.40. The van der Waals surface area contributed by atoms with E-state index in [0.717, 1.165) is 27.7 Å². The smallest absolute Gasteiger partial charge is 0.254 e. The maximum Gasteiger partial charge on any atom is 0.254 e. The van der Waals surface area contributed by atoms with Gasteiger partial charge in [-0.1, -0.05) is 30.3 Å². The molecule has 4 heteroatoms. The Morgan fingerprint density at radius 2 is 1.70 bits per heavy atom. The highest BCUT2D eigenvalue weighted by molar-refractivity contribution is 6.07. The number of hydrogen-bond acceptors (Lipinski definition) is 3. The number of aliphatic hydroxyl groups excluding tert-OH is 1. The van der Waals surface area contributed by atoms with Crippen LogP contribution in [0, 0.1) is 13.8 Å². The Balaban J connectivity index is 1.86. The van der Waals surface area contributed by atoms with E-state index in [-0.39, 0.29) is 12.0 Å². The number of hydrogen-bond donors (Lipinski definition) is 1. The van der Waals surface area contributed by atoms with E-state index in [4.69, 9.17) is 4.98 Å². The van der Waals surface area contributed by atoms with Gasteiger partial charge in [-0.05, 0) is 56.0 Å². The van der Waals surface area contributed by atoms with Gasteiger partial charge in [-0.3, -0.25) is 4.79 Å². The molecule has 1 fully saturated rings.